The molecule has 9 nitrogen and oxygen atoms in total. The predicted octanol–water partition coefficient (Wildman–Crippen LogP) is 4.42. The molecule has 0 unspecified atom stereocenters. The van der Waals surface area contributed by atoms with E-state index in [4.69, 9.17) is 13.9 Å². The average Bonchev–Trinajstić information content (AvgIpc) is 3.26. The maximum absolute atomic E-state index is 12.2. The largest absolute Gasteiger partial charge is 0.497 e. The molecule has 1 N–H and O–H groups in total. The Morgan fingerprint density at radius 2 is 1.90 bits per heavy atom. The van der Waals surface area contributed by atoms with Gasteiger partial charge < -0.3 is 13.9 Å². The number of furan rings is 1. The summed E-state index contributed by atoms with van der Waals surface area (Å²) in [6.07, 6.45) is 2.22. The fourth-order valence-electron chi connectivity index (χ4n) is 2.71. The van der Waals surface area contributed by atoms with Crippen LogP contribution in [-0.4, -0.2) is 30.8 Å². The predicted molar refractivity (Wildman–Crippen MR) is 115 cm³/mol. The summed E-state index contributed by atoms with van der Waals surface area (Å²) in [5.74, 6) is 1.29. The number of hydrogen-bond donors (Lipinski definition) is 1. The van der Waals surface area contributed by atoms with Crippen molar-refractivity contribution in [3.8, 4) is 22.8 Å². The minimum absolute atomic E-state index is 0.142. The molecule has 0 bridgehead atoms. The highest BCUT2D eigenvalue weighted by molar-refractivity contribution is 5.94. The van der Waals surface area contributed by atoms with Gasteiger partial charge >= 0.3 is 0 Å². The van der Waals surface area contributed by atoms with Gasteiger partial charge in [-0.25, -0.2) is 5.43 Å². The van der Waals surface area contributed by atoms with Gasteiger partial charge in [0.15, 0.2) is 0 Å². The van der Waals surface area contributed by atoms with E-state index in [9.17, 15) is 14.9 Å². The van der Waals surface area contributed by atoms with Crippen molar-refractivity contribution in [1.82, 2.24) is 5.43 Å². The zero-order valence-electron chi connectivity index (χ0n) is 17.0. The van der Waals surface area contributed by atoms with Crippen molar-refractivity contribution in [3.05, 3.63) is 76.0 Å². The number of nitro benzene ring substituents is 1. The number of nitrogens with one attached hydrogen (secondary N) is 1. The smallest absolute Gasteiger partial charge is 0.284 e. The second kappa shape index (κ2) is 10.1. The molecule has 0 aliphatic carbocycles. The number of nitro groups is 1. The third-order valence-electron chi connectivity index (χ3n) is 4.24. The number of methoxy groups -OCH3 is 1. The summed E-state index contributed by atoms with van der Waals surface area (Å²) in [5, 5.41) is 15.2. The van der Waals surface area contributed by atoms with Crippen molar-refractivity contribution in [2.45, 2.75) is 13.3 Å². The van der Waals surface area contributed by atoms with Crippen LogP contribution >= 0.6 is 0 Å². The number of amides is 1. The molecule has 0 radical (unpaired) electrons. The summed E-state index contributed by atoms with van der Waals surface area (Å²) < 4.78 is 16.1. The van der Waals surface area contributed by atoms with Crippen LogP contribution in [0.15, 0.2) is 64.1 Å². The molecule has 3 rings (SSSR count). The first-order valence-electron chi connectivity index (χ1n) is 9.50. The van der Waals surface area contributed by atoms with Crippen molar-refractivity contribution >= 4 is 17.8 Å². The Morgan fingerprint density at radius 3 is 2.58 bits per heavy atom. The Kier molecular flexibility index (Phi) is 7.00. The number of carbonyl (C=O) groups excluding carboxylic acids is 1. The minimum atomic E-state index is -0.507. The summed E-state index contributed by atoms with van der Waals surface area (Å²) >= 11 is 0. The van der Waals surface area contributed by atoms with Crippen molar-refractivity contribution in [2.75, 3.05) is 13.7 Å². The molecule has 0 aliphatic rings. The second-order valence-corrected chi connectivity index (χ2v) is 6.41. The van der Waals surface area contributed by atoms with E-state index in [1.54, 1.807) is 48.5 Å². The van der Waals surface area contributed by atoms with Crippen LogP contribution in [0.3, 0.4) is 0 Å². The van der Waals surface area contributed by atoms with Gasteiger partial charge in [0, 0.05) is 5.56 Å². The molecule has 9 heteroatoms. The fourth-order valence-corrected chi connectivity index (χ4v) is 2.71. The first-order chi connectivity index (χ1) is 15.0. The Hall–Kier alpha value is -4.14. The highest BCUT2D eigenvalue weighted by atomic mass is 16.6. The summed E-state index contributed by atoms with van der Waals surface area (Å²) in [6.45, 7) is 2.63. The minimum Gasteiger partial charge on any atom is -0.497 e. The van der Waals surface area contributed by atoms with Gasteiger partial charge in [0.2, 0.25) is 0 Å². The number of rotatable bonds is 9. The van der Waals surface area contributed by atoms with Crippen LogP contribution in [0, 0.1) is 10.1 Å². The van der Waals surface area contributed by atoms with Crippen LogP contribution in [0.5, 0.6) is 11.5 Å². The molecule has 160 valence electrons. The number of hydrazone groups is 1. The van der Waals surface area contributed by atoms with Crippen LogP contribution in [0.4, 0.5) is 5.69 Å². The Balaban J connectivity index is 1.66. The van der Waals surface area contributed by atoms with Gasteiger partial charge in [0.1, 0.15) is 23.0 Å². The van der Waals surface area contributed by atoms with E-state index in [1.165, 1.54) is 19.4 Å². The van der Waals surface area contributed by atoms with Crippen LogP contribution < -0.4 is 14.9 Å². The van der Waals surface area contributed by atoms with E-state index < -0.39 is 10.8 Å². The first-order valence-corrected chi connectivity index (χ1v) is 9.50. The highest BCUT2D eigenvalue weighted by Crippen LogP contribution is 2.33. The van der Waals surface area contributed by atoms with Crippen LogP contribution in [0.1, 0.15) is 29.5 Å². The molecule has 3 aromatic rings. The van der Waals surface area contributed by atoms with E-state index in [1.807, 2.05) is 6.92 Å². The van der Waals surface area contributed by atoms with E-state index in [0.717, 1.165) is 6.42 Å². The standard InChI is InChI=1S/C22H21N3O6/c1-3-12-30-16-6-4-15(5-7-16)22(26)24-23-14-18-9-11-21(31-18)19-10-8-17(29-2)13-20(19)25(27)28/h4-11,13-14H,3,12H2,1-2H3,(H,24,26)/b23-14-. The quantitative estimate of drug-likeness (QED) is 0.309. The topological polar surface area (TPSA) is 116 Å². The number of ether oxygens (including phenoxy) is 2. The van der Waals surface area contributed by atoms with Crippen molar-refractivity contribution in [1.29, 1.82) is 0 Å². The number of benzene rings is 2. The van der Waals surface area contributed by atoms with Crippen LogP contribution in [0.25, 0.3) is 11.3 Å². The number of carbonyl (C=O) groups is 1. The third-order valence-corrected chi connectivity index (χ3v) is 4.24. The lowest BCUT2D eigenvalue weighted by molar-refractivity contribution is -0.384. The Labute approximate surface area is 178 Å². The van der Waals surface area contributed by atoms with Gasteiger partial charge in [-0.15, -0.1) is 0 Å². The number of nitrogens with zero attached hydrogens (tertiary/aromatic N) is 2. The zero-order chi connectivity index (χ0) is 22.2. The molecular weight excluding hydrogens is 402 g/mol. The van der Waals surface area contributed by atoms with Gasteiger partial charge in [-0.1, -0.05) is 6.92 Å². The zero-order valence-corrected chi connectivity index (χ0v) is 17.0. The Morgan fingerprint density at radius 1 is 1.16 bits per heavy atom. The van der Waals surface area contributed by atoms with Crippen LogP contribution in [0.2, 0.25) is 0 Å². The molecule has 1 heterocycles. The summed E-state index contributed by atoms with van der Waals surface area (Å²) in [4.78, 5) is 23.0. The average molecular weight is 423 g/mol. The van der Waals surface area contributed by atoms with Crippen molar-refractivity contribution in [2.24, 2.45) is 5.10 Å². The molecule has 2 aromatic carbocycles. The molecule has 1 aromatic heterocycles. The summed E-state index contributed by atoms with van der Waals surface area (Å²) in [7, 11) is 1.43. The fraction of sp³-hybridized carbons (Fsp3) is 0.182. The third kappa shape index (κ3) is 5.47. The van der Waals surface area contributed by atoms with Gasteiger partial charge in [0.05, 0.1) is 36.5 Å². The van der Waals surface area contributed by atoms with E-state index in [0.29, 0.717) is 40.8 Å². The summed E-state index contributed by atoms with van der Waals surface area (Å²) in [6, 6.07) is 14.4. The van der Waals surface area contributed by atoms with E-state index in [2.05, 4.69) is 10.5 Å². The summed E-state index contributed by atoms with van der Waals surface area (Å²) in [5.41, 5.74) is 3.00. The van der Waals surface area contributed by atoms with Gasteiger partial charge in [-0.3, -0.25) is 14.9 Å². The molecule has 0 fully saturated rings. The first kappa shape index (κ1) is 21.6. The number of hydrogen-bond acceptors (Lipinski definition) is 7. The van der Waals surface area contributed by atoms with Gasteiger partial charge in [-0.2, -0.15) is 5.10 Å². The normalized spacial score (nSPS) is 10.8. The molecule has 0 saturated carbocycles. The van der Waals surface area contributed by atoms with Crippen LogP contribution in [-0.2, 0) is 0 Å². The Bertz CT molecular complexity index is 1090. The monoisotopic (exact) mass is 423 g/mol. The van der Waals surface area contributed by atoms with Gasteiger partial charge in [0.25, 0.3) is 11.6 Å². The van der Waals surface area contributed by atoms with Gasteiger partial charge in [-0.05, 0) is 55.0 Å². The molecule has 0 saturated heterocycles. The molecule has 0 atom stereocenters. The molecular formula is C22H21N3O6. The molecule has 1 amide bonds. The van der Waals surface area contributed by atoms with Crippen molar-refractivity contribution in [3.63, 3.8) is 0 Å². The van der Waals surface area contributed by atoms with E-state index >= 15 is 0 Å². The maximum atomic E-state index is 12.2. The highest BCUT2D eigenvalue weighted by Gasteiger charge is 2.19. The lowest BCUT2D eigenvalue weighted by Crippen LogP contribution is -2.17. The SMILES string of the molecule is CCCOc1ccc(C(=O)N/N=C\c2ccc(-c3ccc(OC)cc3[N+](=O)[O-])o2)cc1. The molecule has 0 spiro atoms. The maximum Gasteiger partial charge on any atom is 0.284 e. The lowest BCUT2D eigenvalue weighted by Gasteiger charge is -2.05. The molecule has 0 aliphatic heterocycles. The van der Waals surface area contributed by atoms with E-state index in [-0.39, 0.29) is 5.69 Å². The molecule has 31 heavy (non-hydrogen) atoms. The second-order valence-electron chi connectivity index (χ2n) is 6.41. The lowest BCUT2D eigenvalue weighted by atomic mass is 10.1. The van der Waals surface area contributed by atoms with Crippen molar-refractivity contribution < 1.29 is 23.6 Å².